The summed E-state index contributed by atoms with van der Waals surface area (Å²) in [4.78, 5) is 15.0. The number of para-hydroxylation sites is 2. The molecule has 4 nitrogen and oxygen atoms in total. The lowest BCUT2D eigenvalue weighted by Gasteiger charge is -2.49. The number of carbonyl (C=O) groups is 1. The van der Waals surface area contributed by atoms with Gasteiger partial charge in [0.15, 0.2) is 0 Å². The van der Waals surface area contributed by atoms with Crippen LogP contribution < -0.4 is 10.2 Å². The zero-order valence-corrected chi connectivity index (χ0v) is 19.4. The fourth-order valence-electron chi connectivity index (χ4n) is 6.05. The number of nitrogens with one attached hydrogen (secondary N) is 1. The second kappa shape index (κ2) is 6.98. The van der Waals surface area contributed by atoms with Gasteiger partial charge < -0.3 is 14.8 Å². The summed E-state index contributed by atoms with van der Waals surface area (Å²) in [5.74, 6) is 0.109. The number of hydrogen-bond donors (Lipinski definition) is 1. The van der Waals surface area contributed by atoms with E-state index in [1.54, 1.807) is 0 Å². The molecule has 2 aliphatic rings. The highest BCUT2D eigenvalue weighted by molar-refractivity contribution is 6.08. The Morgan fingerprint density at radius 1 is 0.970 bits per heavy atom. The van der Waals surface area contributed by atoms with Crippen molar-refractivity contribution in [3.8, 4) is 0 Å². The fraction of sp³-hybridized carbons (Fsp3) is 0.276. The first-order valence-corrected chi connectivity index (χ1v) is 11.8. The van der Waals surface area contributed by atoms with Crippen molar-refractivity contribution in [1.29, 1.82) is 0 Å². The quantitative estimate of drug-likeness (QED) is 0.439. The van der Waals surface area contributed by atoms with Crippen LogP contribution in [0.15, 0.2) is 72.8 Å². The number of aryl methyl sites for hydroxylation is 1. The zero-order chi connectivity index (χ0) is 22.8. The molecule has 1 atom stereocenters. The number of aromatic nitrogens is 1. The molecule has 166 valence electrons. The summed E-state index contributed by atoms with van der Waals surface area (Å²) in [6.45, 7) is 8.33. The fourth-order valence-corrected chi connectivity index (χ4v) is 6.05. The molecule has 1 amide bonds. The molecule has 2 aliphatic heterocycles. The van der Waals surface area contributed by atoms with Gasteiger partial charge in [-0.2, -0.15) is 0 Å². The lowest BCUT2D eigenvalue weighted by Crippen LogP contribution is -2.68. The number of fused-ring (bicyclic) bond motifs is 6. The molecular formula is C29H29N3O. The summed E-state index contributed by atoms with van der Waals surface area (Å²) in [5.41, 5.74) is 5.31. The Morgan fingerprint density at radius 2 is 1.73 bits per heavy atom. The number of rotatable bonds is 3. The Kier molecular flexibility index (Phi) is 4.25. The Balaban J connectivity index is 1.49. The number of nitrogens with zero attached hydrogens (tertiary/aromatic N) is 2. The molecule has 0 saturated carbocycles. The van der Waals surface area contributed by atoms with Gasteiger partial charge in [0.05, 0.1) is 0 Å². The second-order valence-electron chi connectivity index (χ2n) is 9.73. The molecular weight excluding hydrogens is 406 g/mol. The van der Waals surface area contributed by atoms with Crippen molar-refractivity contribution in [3.05, 3.63) is 83.9 Å². The predicted molar refractivity (Wildman–Crippen MR) is 136 cm³/mol. The van der Waals surface area contributed by atoms with Crippen molar-refractivity contribution in [3.63, 3.8) is 0 Å². The maximum Gasteiger partial charge on any atom is 0.223 e. The molecule has 1 saturated heterocycles. The minimum absolute atomic E-state index is 0.109. The van der Waals surface area contributed by atoms with Gasteiger partial charge in [0, 0.05) is 52.4 Å². The third kappa shape index (κ3) is 2.67. The molecule has 1 fully saturated rings. The van der Waals surface area contributed by atoms with Crippen molar-refractivity contribution < 1.29 is 4.79 Å². The van der Waals surface area contributed by atoms with E-state index in [9.17, 15) is 4.79 Å². The smallest absolute Gasteiger partial charge is 0.223 e. The number of hydrogen-bond acceptors (Lipinski definition) is 2. The van der Waals surface area contributed by atoms with E-state index in [4.69, 9.17) is 0 Å². The molecule has 3 heterocycles. The zero-order valence-electron chi connectivity index (χ0n) is 19.4. The molecule has 3 aromatic carbocycles. The highest BCUT2D eigenvalue weighted by Gasteiger charge is 2.57. The lowest BCUT2D eigenvalue weighted by atomic mass is 9.74. The van der Waals surface area contributed by atoms with Crippen LogP contribution in [0.1, 0.15) is 38.3 Å². The van der Waals surface area contributed by atoms with E-state index in [-0.39, 0.29) is 11.3 Å². The number of benzene rings is 3. The first-order chi connectivity index (χ1) is 16.0. The summed E-state index contributed by atoms with van der Waals surface area (Å²) < 4.78 is 2.37. The van der Waals surface area contributed by atoms with E-state index in [0.29, 0.717) is 6.42 Å². The van der Waals surface area contributed by atoms with Crippen molar-refractivity contribution in [2.75, 3.05) is 11.4 Å². The van der Waals surface area contributed by atoms with E-state index in [2.05, 4.69) is 114 Å². The largest absolute Gasteiger partial charge is 0.344 e. The molecule has 33 heavy (non-hydrogen) atoms. The van der Waals surface area contributed by atoms with Gasteiger partial charge in [-0.3, -0.25) is 4.79 Å². The average Bonchev–Trinajstić information content (AvgIpc) is 3.25. The average molecular weight is 436 g/mol. The first kappa shape index (κ1) is 20.1. The van der Waals surface area contributed by atoms with Gasteiger partial charge in [-0.15, -0.1) is 0 Å². The maximum atomic E-state index is 12.6. The molecule has 0 bridgehead atoms. The van der Waals surface area contributed by atoms with Crippen LogP contribution >= 0.6 is 0 Å². The number of anilines is 1. The van der Waals surface area contributed by atoms with Crippen LogP contribution in [0.3, 0.4) is 0 Å². The van der Waals surface area contributed by atoms with Crippen LogP contribution in [-0.2, 0) is 16.8 Å². The minimum atomic E-state index is -0.585. The molecule has 0 aliphatic carbocycles. The van der Waals surface area contributed by atoms with Gasteiger partial charge in [-0.05, 0) is 48.4 Å². The van der Waals surface area contributed by atoms with Crippen LogP contribution in [0, 0.1) is 0 Å². The van der Waals surface area contributed by atoms with E-state index >= 15 is 0 Å². The van der Waals surface area contributed by atoms with Crippen molar-refractivity contribution in [2.24, 2.45) is 0 Å². The first-order valence-electron chi connectivity index (χ1n) is 11.8. The number of amides is 1. The van der Waals surface area contributed by atoms with Gasteiger partial charge in [0.25, 0.3) is 0 Å². The summed E-state index contributed by atoms with van der Waals surface area (Å²) in [6, 6.07) is 23.9. The Hall–Kier alpha value is -3.53. The van der Waals surface area contributed by atoms with Gasteiger partial charge in [0.2, 0.25) is 5.91 Å². The van der Waals surface area contributed by atoms with E-state index in [1.807, 2.05) is 0 Å². The highest BCUT2D eigenvalue weighted by atomic mass is 16.2. The Labute approximate surface area is 194 Å². The molecule has 1 aromatic heterocycles. The molecule has 6 rings (SSSR count). The van der Waals surface area contributed by atoms with Gasteiger partial charge in [-0.1, -0.05) is 62.4 Å². The molecule has 0 radical (unpaired) electrons. The third-order valence-electron chi connectivity index (χ3n) is 7.77. The maximum absolute atomic E-state index is 12.6. The lowest BCUT2D eigenvalue weighted by molar-refractivity contribution is -0.124. The van der Waals surface area contributed by atoms with Crippen molar-refractivity contribution in [1.82, 2.24) is 9.88 Å². The molecule has 4 aromatic rings. The second-order valence-corrected chi connectivity index (χ2v) is 9.73. The van der Waals surface area contributed by atoms with Gasteiger partial charge in [0.1, 0.15) is 5.66 Å². The van der Waals surface area contributed by atoms with Crippen LogP contribution in [0.2, 0.25) is 0 Å². The molecule has 0 spiro atoms. The van der Waals surface area contributed by atoms with Gasteiger partial charge >= 0.3 is 0 Å². The highest BCUT2D eigenvalue weighted by Crippen LogP contribution is 2.52. The minimum Gasteiger partial charge on any atom is -0.344 e. The Bertz CT molecular complexity index is 1440. The van der Waals surface area contributed by atoms with Crippen LogP contribution in [0.5, 0.6) is 0 Å². The monoisotopic (exact) mass is 435 g/mol. The van der Waals surface area contributed by atoms with Crippen molar-refractivity contribution in [2.45, 2.75) is 44.8 Å². The SMILES string of the molecule is CCn1c2ccccc2c2cc(C=C[C@@]34NC(=O)CCN3c3ccccc3C4(C)C)ccc21. The summed E-state index contributed by atoms with van der Waals surface area (Å²) in [5, 5.41) is 5.93. The topological polar surface area (TPSA) is 37.3 Å². The summed E-state index contributed by atoms with van der Waals surface area (Å²) in [6.07, 6.45) is 4.91. The van der Waals surface area contributed by atoms with E-state index in [1.165, 1.54) is 33.1 Å². The van der Waals surface area contributed by atoms with Gasteiger partial charge in [-0.25, -0.2) is 0 Å². The summed E-state index contributed by atoms with van der Waals surface area (Å²) in [7, 11) is 0. The summed E-state index contributed by atoms with van der Waals surface area (Å²) >= 11 is 0. The molecule has 4 heteroatoms. The standard InChI is InChI=1S/C29H29N3O/c1-4-31-24-11-7-5-9-21(24)22-19-20(13-14-25(22)31)15-17-29-28(2,3)23-10-6-8-12-26(23)32(29)18-16-27(33)30-29/h5-15,17,19H,4,16,18H2,1-3H3,(H,30,33)/t29-/m1/s1. The van der Waals surface area contributed by atoms with E-state index < -0.39 is 5.66 Å². The molecule has 1 N–H and O–H groups in total. The third-order valence-corrected chi connectivity index (χ3v) is 7.77. The number of carbonyl (C=O) groups excluding carboxylic acids is 1. The van der Waals surface area contributed by atoms with E-state index in [0.717, 1.165) is 18.7 Å². The van der Waals surface area contributed by atoms with Crippen molar-refractivity contribution >= 4 is 39.5 Å². The normalized spacial score (nSPS) is 21.5. The predicted octanol–water partition coefficient (Wildman–Crippen LogP) is 5.84. The van der Waals surface area contributed by atoms with Crippen LogP contribution in [0.25, 0.3) is 27.9 Å². The Morgan fingerprint density at radius 3 is 2.58 bits per heavy atom. The van der Waals surface area contributed by atoms with Crippen LogP contribution in [-0.4, -0.2) is 22.7 Å². The molecule has 0 unspecified atom stereocenters. The van der Waals surface area contributed by atoms with Crippen LogP contribution in [0.4, 0.5) is 5.69 Å².